The number of hydrogen-bond acceptors (Lipinski definition) is 6. The molecule has 1 aromatic carbocycles. The van der Waals surface area contributed by atoms with Crippen molar-refractivity contribution in [1.29, 1.82) is 0 Å². The fourth-order valence-electron chi connectivity index (χ4n) is 4.23. The van der Waals surface area contributed by atoms with Crippen LogP contribution in [0.4, 0.5) is 14.5 Å². The first-order chi connectivity index (χ1) is 16.3. The number of allylic oxidation sites excluding steroid dienone is 1. The molecule has 1 N–H and O–H groups in total. The molecule has 1 fully saturated rings. The summed E-state index contributed by atoms with van der Waals surface area (Å²) in [6, 6.07) is 6.51. The monoisotopic (exact) mass is 490 g/mol. The summed E-state index contributed by atoms with van der Waals surface area (Å²) in [5.41, 5.74) is 0.749. The Kier molecular flexibility index (Phi) is 7.39. The predicted octanol–water partition coefficient (Wildman–Crippen LogP) is 3.28. The van der Waals surface area contributed by atoms with Gasteiger partial charge in [0, 0.05) is 56.4 Å². The predicted molar refractivity (Wildman–Crippen MR) is 128 cm³/mol. The van der Waals surface area contributed by atoms with Gasteiger partial charge in [-0.1, -0.05) is 18.2 Å². The summed E-state index contributed by atoms with van der Waals surface area (Å²) in [6.07, 6.45) is 0.394. The third-order valence-corrected chi connectivity index (χ3v) is 7.04. The highest BCUT2D eigenvalue weighted by atomic mass is 32.1. The van der Waals surface area contributed by atoms with Crippen LogP contribution >= 0.6 is 11.3 Å². The summed E-state index contributed by atoms with van der Waals surface area (Å²) in [6.45, 7) is 7.21. The molecule has 34 heavy (non-hydrogen) atoms. The maximum atomic E-state index is 15.3. The maximum absolute atomic E-state index is 15.3. The molecular weight excluding hydrogens is 462 g/mol. The van der Waals surface area contributed by atoms with Crippen LogP contribution in [0.15, 0.2) is 30.3 Å². The molecule has 2 aromatic rings. The zero-order valence-corrected chi connectivity index (χ0v) is 20.1. The van der Waals surface area contributed by atoms with Gasteiger partial charge in [-0.3, -0.25) is 14.5 Å². The fraction of sp³-hybridized carbons (Fsp3) is 0.458. The normalized spacial score (nSPS) is 19.5. The number of rotatable bonds is 5. The quantitative estimate of drug-likeness (QED) is 0.652. The number of nitrogens with zero attached hydrogens (tertiary/aromatic N) is 3. The van der Waals surface area contributed by atoms with Gasteiger partial charge in [0.05, 0.1) is 29.6 Å². The molecule has 7 nitrogen and oxygen atoms in total. The van der Waals surface area contributed by atoms with E-state index in [4.69, 9.17) is 4.74 Å². The number of benzene rings is 1. The number of thiazole rings is 1. The molecule has 3 heterocycles. The Morgan fingerprint density at radius 2 is 1.94 bits per heavy atom. The average molecular weight is 491 g/mol. The summed E-state index contributed by atoms with van der Waals surface area (Å²) in [4.78, 5) is 34.2. The zero-order valence-electron chi connectivity index (χ0n) is 19.3. The van der Waals surface area contributed by atoms with Gasteiger partial charge in [-0.2, -0.15) is 0 Å². The van der Waals surface area contributed by atoms with Gasteiger partial charge in [-0.25, -0.2) is 13.8 Å². The van der Waals surface area contributed by atoms with E-state index in [1.807, 2.05) is 0 Å². The minimum Gasteiger partial charge on any atom is -0.379 e. The number of morpholine rings is 1. The number of carbonyl (C=O) groups excluding carboxylic acids is 2. The molecule has 0 atom stereocenters. The van der Waals surface area contributed by atoms with Crippen LogP contribution in [0.25, 0.3) is 5.57 Å². The van der Waals surface area contributed by atoms with Gasteiger partial charge >= 0.3 is 0 Å². The molecule has 0 bridgehead atoms. The number of fused-ring (bicyclic) bond motifs is 1. The molecule has 0 aliphatic carbocycles. The number of amides is 2. The van der Waals surface area contributed by atoms with Gasteiger partial charge < -0.3 is 15.0 Å². The first kappa shape index (κ1) is 24.4. The molecule has 1 saturated heterocycles. The van der Waals surface area contributed by atoms with Gasteiger partial charge in [-0.15, -0.1) is 11.3 Å². The summed E-state index contributed by atoms with van der Waals surface area (Å²) >= 11 is 1.25. The van der Waals surface area contributed by atoms with Crippen LogP contribution < -0.4 is 10.2 Å². The molecule has 4 rings (SSSR count). The van der Waals surface area contributed by atoms with Crippen LogP contribution in [-0.4, -0.2) is 73.6 Å². The lowest BCUT2D eigenvalue weighted by atomic mass is 9.97. The van der Waals surface area contributed by atoms with Gasteiger partial charge in [-0.05, 0) is 19.9 Å². The molecule has 0 unspecified atom stereocenters. The molecular formula is C24H28F2N4O3S. The third kappa shape index (κ3) is 5.34. The van der Waals surface area contributed by atoms with E-state index in [-0.39, 0.29) is 23.6 Å². The van der Waals surface area contributed by atoms with Crippen molar-refractivity contribution in [2.24, 2.45) is 0 Å². The highest BCUT2D eigenvalue weighted by Gasteiger charge is 2.41. The topological polar surface area (TPSA) is 74.8 Å². The molecule has 0 saturated carbocycles. The number of alkyl halides is 2. The molecule has 2 amide bonds. The van der Waals surface area contributed by atoms with E-state index >= 15 is 8.78 Å². The first-order valence-electron chi connectivity index (χ1n) is 11.3. The number of carbonyl (C=O) groups is 2. The number of nitrogens with one attached hydrogen (secondary N) is 1. The molecule has 0 radical (unpaired) electrons. The summed E-state index contributed by atoms with van der Waals surface area (Å²) in [5.74, 6) is -4.21. The number of aryl methyl sites for hydroxylation is 2. The van der Waals surface area contributed by atoms with Crippen LogP contribution in [0.3, 0.4) is 0 Å². The van der Waals surface area contributed by atoms with Crippen molar-refractivity contribution in [3.05, 3.63) is 51.5 Å². The van der Waals surface area contributed by atoms with Crippen LogP contribution in [0.5, 0.6) is 0 Å². The molecule has 2 aliphatic rings. The fourth-order valence-corrected chi connectivity index (χ4v) is 5.10. The zero-order chi connectivity index (χ0) is 24.3. The molecule has 182 valence electrons. The molecule has 2 aliphatic heterocycles. The van der Waals surface area contributed by atoms with Gasteiger partial charge in [0.25, 0.3) is 11.8 Å². The average Bonchev–Trinajstić information content (AvgIpc) is 3.11. The van der Waals surface area contributed by atoms with Crippen molar-refractivity contribution in [3.8, 4) is 0 Å². The molecule has 10 heteroatoms. The number of ether oxygens (including phenoxy) is 1. The Labute approximate surface area is 201 Å². The van der Waals surface area contributed by atoms with Crippen LogP contribution in [0.1, 0.15) is 32.4 Å². The second-order valence-electron chi connectivity index (χ2n) is 8.38. The minimum absolute atomic E-state index is 0.171. The number of anilines is 1. The van der Waals surface area contributed by atoms with Gasteiger partial charge in [0.15, 0.2) is 0 Å². The Bertz CT molecular complexity index is 1100. The number of para-hydroxylation sites is 1. The van der Waals surface area contributed by atoms with Crippen LogP contribution in [0, 0.1) is 13.8 Å². The van der Waals surface area contributed by atoms with E-state index in [0.29, 0.717) is 42.6 Å². The van der Waals surface area contributed by atoms with Crippen molar-refractivity contribution in [3.63, 3.8) is 0 Å². The Hall–Kier alpha value is -2.69. The van der Waals surface area contributed by atoms with E-state index in [0.717, 1.165) is 24.2 Å². The molecule has 1 aromatic heterocycles. The third-order valence-electron chi connectivity index (χ3n) is 5.98. The number of hydrogen-bond donors (Lipinski definition) is 1. The number of halogens is 2. The summed E-state index contributed by atoms with van der Waals surface area (Å²) < 4.78 is 35.9. The maximum Gasteiger partial charge on any atom is 0.275 e. The van der Waals surface area contributed by atoms with Gasteiger partial charge in [0.2, 0.25) is 5.91 Å². The van der Waals surface area contributed by atoms with E-state index in [1.54, 1.807) is 32.0 Å². The largest absolute Gasteiger partial charge is 0.379 e. The Balaban J connectivity index is 1.58. The van der Waals surface area contributed by atoms with Gasteiger partial charge in [0.1, 0.15) is 4.88 Å². The second kappa shape index (κ2) is 10.3. The van der Waals surface area contributed by atoms with E-state index < -0.39 is 18.3 Å². The van der Waals surface area contributed by atoms with Crippen LogP contribution in [-0.2, 0) is 9.53 Å². The summed E-state index contributed by atoms with van der Waals surface area (Å²) in [5, 5.41) is 3.46. The lowest BCUT2D eigenvalue weighted by Gasteiger charge is -2.26. The van der Waals surface area contributed by atoms with E-state index in [2.05, 4.69) is 15.2 Å². The Morgan fingerprint density at radius 3 is 2.65 bits per heavy atom. The smallest absolute Gasteiger partial charge is 0.275 e. The van der Waals surface area contributed by atoms with E-state index in [9.17, 15) is 9.59 Å². The van der Waals surface area contributed by atoms with E-state index in [1.165, 1.54) is 22.3 Å². The highest BCUT2D eigenvalue weighted by Crippen LogP contribution is 2.43. The van der Waals surface area contributed by atoms with Crippen molar-refractivity contribution in [1.82, 2.24) is 15.2 Å². The first-order valence-corrected chi connectivity index (χ1v) is 12.1. The standard InChI is InChI=1S/C24H28F2N4O3S/c1-16-22(34-17(2)28-16)23(32)30-9-7-24(25,26)19(18-5-3-4-6-20(18)30)15-21(31)27-8-10-29-11-13-33-14-12-29/h3-6,15H,7-14H2,1-2H3,(H,27,31)/b19-15-. The lowest BCUT2D eigenvalue weighted by molar-refractivity contribution is -0.116. The van der Waals surface area contributed by atoms with Crippen molar-refractivity contribution < 1.29 is 23.1 Å². The van der Waals surface area contributed by atoms with Crippen molar-refractivity contribution in [2.75, 3.05) is 50.8 Å². The van der Waals surface area contributed by atoms with Crippen molar-refractivity contribution in [2.45, 2.75) is 26.2 Å². The second-order valence-corrected chi connectivity index (χ2v) is 9.58. The molecule has 0 spiro atoms. The summed E-state index contributed by atoms with van der Waals surface area (Å²) in [7, 11) is 0. The van der Waals surface area contributed by atoms with Crippen LogP contribution in [0.2, 0.25) is 0 Å². The number of aromatic nitrogens is 1. The highest BCUT2D eigenvalue weighted by molar-refractivity contribution is 7.13. The minimum atomic E-state index is -3.27. The SMILES string of the molecule is Cc1nc(C)c(C(=O)N2CCC(F)(F)/C(=C\C(=O)NCCN3CCOCC3)c3ccccc32)s1. The Morgan fingerprint density at radius 1 is 1.21 bits per heavy atom. The van der Waals surface area contributed by atoms with Crippen molar-refractivity contribution >= 4 is 34.4 Å². The lowest BCUT2D eigenvalue weighted by Crippen LogP contribution is -2.41.